The monoisotopic (exact) mass is 304 g/mol. The fourth-order valence-electron chi connectivity index (χ4n) is 1.04. The maximum atomic E-state index is 12.4. The van der Waals surface area contributed by atoms with Crippen molar-refractivity contribution in [1.29, 1.82) is 0 Å². The molecule has 1 aliphatic heterocycles. The minimum Gasteiger partial charge on any atom is -0.212 e. The highest BCUT2D eigenvalue weighted by Crippen LogP contribution is 2.34. The lowest BCUT2D eigenvalue weighted by Crippen LogP contribution is -2.18. The van der Waals surface area contributed by atoms with Crippen LogP contribution < -0.4 is 0 Å². The molecule has 0 bridgehead atoms. The summed E-state index contributed by atoms with van der Waals surface area (Å²) < 4.78 is 38.3. The van der Waals surface area contributed by atoms with Gasteiger partial charge >= 0.3 is 6.18 Å². The van der Waals surface area contributed by atoms with Crippen LogP contribution in [0.5, 0.6) is 0 Å². The van der Waals surface area contributed by atoms with E-state index in [9.17, 15) is 13.2 Å². The lowest BCUT2D eigenvalue weighted by Gasteiger charge is -2.16. The molecule has 0 aromatic carbocycles. The summed E-state index contributed by atoms with van der Waals surface area (Å²) in [7, 11) is 0. The highest BCUT2D eigenvalue weighted by atomic mass is 127. The maximum Gasteiger partial charge on any atom is 0.414 e. The van der Waals surface area contributed by atoms with E-state index in [1.807, 2.05) is 0 Å². The molecular weight excluding hydrogens is 296 g/mol. The highest BCUT2D eigenvalue weighted by Gasteiger charge is 2.37. The highest BCUT2D eigenvalue weighted by molar-refractivity contribution is 14.1. The van der Waals surface area contributed by atoms with Crippen molar-refractivity contribution in [2.75, 3.05) is 0 Å². The Morgan fingerprint density at radius 2 is 2.23 bits per heavy atom. The summed E-state index contributed by atoms with van der Waals surface area (Å²) in [4.78, 5) is 0. The normalized spacial score (nSPS) is 24.2. The van der Waals surface area contributed by atoms with Crippen LogP contribution in [0.15, 0.2) is 16.9 Å². The minimum atomic E-state index is -4.25. The van der Waals surface area contributed by atoms with Gasteiger partial charge in [-0.3, -0.25) is 0 Å². The lowest BCUT2D eigenvalue weighted by molar-refractivity contribution is -0.0986. The van der Waals surface area contributed by atoms with Gasteiger partial charge in [0.1, 0.15) is 0 Å². The largest absolute Gasteiger partial charge is 0.414 e. The van der Waals surface area contributed by atoms with Gasteiger partial charge in [-0.25, -0.2) is 3.22 Å². The molecule has 0 fully saturated rings. The zero-order valence-corrected chi connectivity index (χ0v) is 9.00. The van der Waals surface area contributed by atoms with Crippen molar-refractivity contribution in [3.05, 3.63) is 11.8 Å². The summed E-state index contributed by atoms with van der Waals surface area (Å²) in [6, 6.07) is 0. The van der Waals surface area contributed by atoms with E-state index in [2.05, 4.69) is 5.10 Å². The molecule has 13 heavy (non-hydrogen) atoms. The zero-order valence-electron chi connectivity index (χ0n) is 6.85. The van der Waals surface area contributed by atoms with Gasteiger partial charge in [0.2, 0.25) is 0 Å². The fourth-order valence-corrected chi connectivity index (χ4v) is 1.51. The van der Waals surface area contributed by atoms with E-state index in [0.717, 1.165) is 9.42 Å². The molecule has 0 aliphatic carbocycles. The molecule has 0 aromatic rings. The molecule has 1 rings (SSSR count). The first kappa shape index (κ1) is 10.8. The van der Waals surface area contributed by atoms with Gasteiger partial charge in [-0.1, -0.05) is 6.92 Å². The third-order valence-electron chi connectivity index (χ3n) is 1.75. The Morgan fingerprint density at radius 3 is 2.77 bits per heavy atom. The van der Waals surface area contributed by atoms with E-state index in [-0.39, 0.29) is 0 Å². The average Bonchev–Trinajstić information content (AvgIpc) is 2.11. The first-order chi connectivity index (χ1) is 5.91. The van der Waals surface area contributed by atoms with Gasteiger partial charge in [-0.15, -0.1) is 0 Å². The van der Waals surface area contributed by atoms with Crippen LogP contribution in [0.4, 0.5) is 13.2 Å². The van der Waals surface area contributed by atoms with E-state index in [0.29, 0.717) is 6.42 Å². The Morgan fingerprint density at radius 1 is 1.62 bits per heavy atom. The van der Waals surface area contributed by atoms with E-state index in [4.69, 9.17) is 0 Å². The van der Waals surface area contributed by atoms with Crippen molar-refractivity contribution in [1.82, 2.24) is 3.22 Å². The van der Waals surface area contributed by atoms with Crippen LogP contribution in [0.25, 0.3) is 0 Å². The molecule has 1 aliphatic rings. The van der Waals surface area contributed by atoms with Gasteiger partial charge in [0.25, 0.3) is 0 Å². The van der Waals surface area contributed by atoms with Crippen LogP contribution in [0, 0.1) is 5.92 Å². The van der Waals surface area contributed by atoms with Crippen LogP contribution >= 0.6 is 22.9 Å². The summed E-state index contributed by atoms with van der Waals surface area (Å²) in [5.74, 6) is -0.525. The molecule has 1 atom stereocenters. The first-order valence-corrected chi connectivity index (χ1v) is 4.64. The molecule has 0 saturated carbocycles. The van der Waals surface area contributed by atoms with Crippen molar-refractivity contribution < 1.29 is 13.2 Å². The topological polar surface area (TPSA) is 15.6 Å². The number of hydrazone groups is 1. The summed E-state index contributed by atoms with van der Waals surface area (Å²) in [6.45, 7) is 1.54. The SMILES string of the molecule is CC1CC=NN(I)C=C1C(F)(F)F. The van der Waals surface area contributed by atoms with Gasteiger partial charge in [0.15, 0.2) is 0 Å². The van der Waals surface area contributed by atoms with Gasteiger partial charge in [-0.2, -0.15) is 18.3 Å². The number of alkyl halides is 3. The van der Waals surface area contributed by atoms with Crippen molar-refractivity contribution >= 4 is 29.1 Å². The second-order valence-corrected chi connectivity index (χ2v) is 3.79. The van der Waals surface area contributed by atoms with Gasteiger partial charge in [-0.05, 0) is 12.3 Å². The predicted molar refractivity (Wildman–Crippen MR) is 52.3 cm³/mol. The molecular formula is C7H8F3IN2. The van der Waals surface area contributed by atoms with Crippen molar-refractivity contribution in [3.63, 3.8) is 0 Å². The smallest absolute Gasteiger partial charge is 0.212 e. The van der Waals surface area contributed by atoms with E-state index < -0.39 is 17.7 Å². The van der Waals surface area contributed by atoms with Crippen molar-refractivity contribution in [3.8, 4) is 0 Å². The molecule has 74 valence electrons. The van der Waals surface area contributed by atoms with Gasteiger partial charge in [0, 0.05) is 12.4 Å². The number of rotatable bonds is 0. The fraction of sp³-hybridized carbons (Fsp3) is 0.571. The summed E-state index contributed by atoms with van der Waals surface area (Å²) in [6.07, 6.45) is -1.41. The molecule has 0 N–H and O–H groups in total. The molecule has 0 amide bonds. The van der Waals surface area contributed by atoms with Crippen LogP contribution in [0.1, 0.15) is 13.3 Å². The standard InChI is InChI=1S/C7H8F3IN2/c1-5-2-3-12-13(11)4-6(5)7(8,9)10/h3-5H,2H2,1H3. The van der Waals surface area contributed by atoms with Crippen LogP contribution in [-0.4, -0.2) is 15.6 Å². The van der Waals surface area contributed by atoms with Crippen molar-refractivity contribution in [2.24, 2.45) is 11.0 Å². The Kier molecular flexibility index (Phi) is 3.20. The predicted octanol–water partition coefficient (Wildman–Crippen LogP) is 3.11. The van der Waals surface area contributed by atoms with Crippen LogP contribution in [0.3, 0.4) is 0 Å². The number of allylic oxidation sites excluding steroid dienone is 1. The molecule has 0 saturated heterocycles. The number of hydrogen-bond acceptors (Lipinski definition) is 2. The third kappa shape index (κ3) is 2.85. The molecule has 0 radical (unpaired) electrons. The number of nitrogens with zero attached hydrogens (tertiary/aromatic N) is 2. The Balaban J connectivity index is 2.93. The van der Waals surface area contributed by atoms with E-state index in [1.165, 1.54) is 6.21 Å². The molecule has 6 heteroatoms. The Labute approximate surface area is 88.0 Å². The van der Waals surface area contributed by atoms with Gasteiger partial charge in [0.05, 0.1) is 28.4 Å². The molecule has 1 unspecified atom stereocenters. The molecule has 1 heterocycles. The number of hydrogen-bond donors (Lipinski definition) is 0. The summed E-state index contributed by atoms with van der Waals surface area (Å²) in [5, 5.41) is 3.76. The summed E-state index contributed by atoms with van der Waals surface area (Å²) >= 11 is 1.71. The molecule has 2 nitrogen and oxygen atoms in total. The van der Waals surface area contributed by atoms with Crippen LogP contribution in [-0.2, 0) is 0 Å². The third-order valence-corrected chi connectivity index (χ3v) is 2.28. The average molecular weight is 304 g/mol. The minimum absolute atomic E-state index is 0.324. The zero-order chi connectivity index (χ0) is 10.1. The maximum absolute atomic E-state index is 12.4. The summed E-state index contributed by atoms with van der Waals surface area (Å²) in [5.41, 5.74) is -0.528. The van der Waals surface area contributed by atoms with Crippen molar-refractivity contribution in [2.45, 2.75) is 19.5 Å². The van der Waals surface area contributed by atoms with E-state index >= 15 is 0 Å². The lowest BCUT2D eigenvalue weighted by atomic mass is 9.99. The second-order valence-electron chi connectivity index (χ2n) is 2.81. The van der Waals surface area contributed by atoms with Gasteiger partial charge < -0.3 is 0 Å². The van der Waals surface area contributed by atoms with Crippen LogP contribution in [0.2, 0.25) is 0 Å². The quantitative estimate of drug-likeness (QED) is 0.496. The number of halogens is 4. The molecule has 0 aromatic heterocycles. The Hall–Kier alpha value is -0.270. The van der Waals surface area contributed by atoms with E-state index in [1.54, 1.807) is 29.8 Å². The first-order valence-electron chi connectivity index (χ1n) is 3.67. The Bertz CT molecular complexity index is 247. The molecule has 0 spiro atoms. The second kappa shape index (κ2) is 3.85.